The molecule has 2 aromatic rings. The SMILES string of the molecule is COc1ccccc1OCCC(=O)NCC1CN(Cc2ccccc2)CCO1. The Hall–Kier alpha value is -2.57. The zero-order chi connectivity index (χ0) is 19.6. The predicted octanol–water partition coefficient (Wildman–Crippen LogP) is 2.48. The average molecular weight is 384 g/mol. The molecule has 6 nitrogen and oxygen atoms in total. The molecule has 2 aromatic carbocycles. The van der Waals surface area contributed by atoms with Crippen LogP contribution in [-0.4, -0.2) is 56.9 Å². The molecule has 150 valence electrons. The van der Waals surface area contributed by atoms with Crippen molar-refractivity contribution in [2.45, 2.75) is 19.1 Å². The number of para-hydroxylation sites is 2. The number of carbonyl (C=O) groups excluding carboxylic acids is 1. The summed E-state index contributed by atoms with van der Waals surface area (Å²) in [4.78, 5) is 14.5. The van der Waals surface area contributed by atoms with E-state index < -0.39 is 0 Å². The van der Waals surface area contributed by atoms with Crippen LogP contribution in [0.1, 0.15) is 12.0 Å². The number of hydrogen-bond donors (Lipinski definition) is 1. The number of hydrogen-bond acceptors (Lipinski definition) is 5. The Morgan fingerprint density at radius 3 is 2.68 bits per heavy atom. The first-order valence-electron chi connectivity index (χ1n) is 9.65. The molecule has 1 unspecified atom stereocenters. The van der Waals surface area contributed by atoms with E-state index in [0.29, 0.717) is 37.7 Å². The summed E-state index contributed by atoms with van der Waals surface area (Å²) in [6.45, 7) is 4.13. The summed E-state index contributed by atoms with van der Waals surface area (Å²) in [5.41, 5.74) is 1.29. The van der Waals surface area contributed by atoms with Gasteiger partial charge in [-0.15, -0.1) is 0 Å². The second-order valence-electron chi connectivity index (χ2n) is 6.77. The minimum atomic E-state index is -0.0429. The zero-order valence-corrected chi connectivity index (χ0v) is 16.3. The van der Waals surface area contributed by atoms with Gasteiger partial charge in [-0.05, 0) is 17.7 Å². The lowest BCUT2D eigenvalue weighted by Crippen LogP contribution is -2.47. The number of amides is 1. The van der Waals surface area contributed by atoms with Crippen LogP contribution in [0.4, 0.5) is 0 Å². The highest BCUT2D eigenvalue weighted by molar-refractivity contribution is 5.76. The van der Waals surface area contributed by atoms with Crippen molar-refractivity contribution in [1.29, 1.82) is 0 Å². The quantitative estimate of drug-likeness (QED) is 0.720. The highest BCUT2D eigenvalue weighted by Gasteiger charge is 2.21. The Morgan fingerprint density at radius 2 is 1.89 bits per heavy atom. The number of benzene rings is 2. The second-order valence-corrected chi connectivity index (χ2v) is 6.77. The number of ether oxygens (including phenoxy) is 3. The van der Waals surface area contributed by atoms with E-state index in [1.807, 2.05) is 30.3 Å². The van der Waals surface area contributed by atoms with Gasteiger partial charge in [0.05, 0.1) is 32.8 Å². The van der Waals surface area contributed by atoms with E-state index in [0.717, 1.165) is 19.6 Å². The van der Waals surface area contributed by atoms with Crippen molar-refractivity contribution >= 4 is 5.91 Å². The van der Waals surface area contributed by atoms with Crippen molar-refractivity contribution in [3.8, 4) is 11.5 Å². The van der Waals surface area contributed by atoms with Crippen LogP contribution in [0.5, 0.6) is 11.5 Å². The molecule has 0 bridgehead atoms. The molecule has 1 fully saturated rings. The van der Waals surface area contributed by atoms with E-state index in [4.69, 9.17) is 14.2 Å². The van der Waals surface area contributed by atoms with Crippen LogP contribution in [0.25, 0.3) is 0 Å². The van der Waals surface area contributed by atoms with Crippen molar-refractivity contribution in [3.05, 3.63) is 60.2 Å². The maximum atomic E-state index is 12.1. The molecule has 0 aliphatic carbocycles. The molecule has 0 saturated carbocycles. The van der Waals surface area contributed by atoms with Gasteiger partial charge in [0.2, 0.25) is 5.91 Å². The first-order chi connectivity index (χ1) is 13.7. The van der Waals surface area contributed by atoms with Gasteiger partial charge in [0.1, 0.15) is 0 Å². The molecule has 6 heteroatoms. The van der Waals surface area contributed by atoms with Gasteiger partial charge in [-0.25, -0.2) is 0 Å². The summed E-state index contributed by atoms with van der Waals surface area (Å²) in [7, 11) is 1.60. The minimum absolute atomic E-state index is 0.0107. The smallest absolute Gasteiger partial charge is 0.223 e. The summed E-state index contributed by atoms with van der Waals surface area (Å²) >= 11 is 0. The van der Waals surface area contributed by atoms with Crippen LogP contribution in [0.2, 0.25) is 0 Å². The van der Waals surface area contributed by atoms with Crippen molar-refractivity contribution in [2.24, 2.45) is 0 Å². The van der Waals surface area contributed by atoms with E-state index in [1.54, 1.807) is 7.11 Å². The fourth-order valence-electron chi connectivity index (χ4n) is 3.20. The van der Waals surface area contributed by atoms with E-state index in [2.05, 4.69) is 34.5 Å². The van der Waals surface area contributed by atoms with Gasteiger partial charge >= 0.3 is 0 Å². The van der Waals surface area contributed by atoms with Crippen LogP contribution >= 0.6 is 0 Å². The normalized spacial score (nSPS) is 17.1. The molecule has 1 atom stereocenters. The Balaban J connectivity index is 1.36. The van der Waals surface area contributed by atoms with E-state index in [9.17, 15) is 4.79 Å². The lowest BCUT2D eigenvalue weighted by Gasteiger charge is -2.33. The van der Waals surface area contributed by atoms with Crippen molar-refractivity contribution in [2.75, 3.05) is 40.0 Å². The van der Waals surface area contributed by atoms with Crippen LogP contribution in [0.15, 0.2) is 54.6 Å². The minimum Gasteiger partial charge on any atom is -0.493 e. The standard InChI is InChI=1S/C22H28N2O4/c1-26-20-9-5-6-10-21(20)28-13-11-22(25)23-15-19-17-24(12-14-27-19)16-18-7-3-2-4-8-18/h2-10,19H,11-17H2,1H3,(H,23,25). The summed E-state index contributed by atoms with van der Waals surface area (Å²) in [6.07, 6.45) is 0.301. The van der Waals surface area contributed by atoms with Gasteiger partial charge in [-0.2, -0.15) is 0 Å². The van der Waals surface area contributed by atoms with Crippen LogP contribution in [0, 0.1) is 0 Å². The molecular formula is C22H28N2O4. The topological polar surface area (TPSA) is 60.0 Å². The lowest BCUT2D eigenvalue weighted by molar-refractivity contribution is -0.122. The van der Waals surface area contributed by atoms with Gasteiger partial charge < -0.3 is 19.5 Å². The number of carbonyl (C=O) groups is 1. The second kappa shape index (κ2) is 10.7. The molecule has 0 aromatic heterocycles. The molecule has 28 heavy (non-hydrogen) atoms. The highest BCUT2D eigenvalue weighted by Crippen LogP contribution is 2.25. The monoisotopic (exact) mass is 384 g/mol. The van der Waals surface area contributed by atoms with Crippen LogP contribution in [0.3, 0.4) is 0 Å². The molecule has 1 aliphatic rings. The fraction of sp³-hybridized carbons (Fsp3) is 0.409. The first kappa shape index (κ1) is 20.2. The molecule has 3 rings (SSSR count). The summed E-state index contributed by atoms with van der Waals surface area (Å²) in [5, 5.41) is 2.95. The molecule has 1 amide bonds. The number of rotatable bonds is 9. The summed E-state index contributed by atoms with van der Waals surface area (Å²) < 4.78 is 16.7. The van der Waals surface area contributed by atoms with E-state index in [1.165, 1.54) is 5.56 Å². The molecule has 1 heterocycles. The molecule has 0 spiro atoms. The Kier molecular flexibility index (Phi) is 7.70. The number of nitrogens with zero attached hydrogens (tertiary/aromatic N) is 1. The maximum Gasteiger partial charge on any atom is 0.223 e. The van der Waals surface area contributed by atoms with Gasteiger partial charge in [-0.3, -0.25) is 9.69 Å². The third-order valence-electron chi connectivity index (χ3n) is 4.65. The van der Waals surface area contributed by atoms with Gasteiger partial charge in [0.25, 0.3) is 0 Å². The zero-order valence-electron chi connectivity index (χ0n) is 16.3. The van der Waals surface area contributed by atoms with Gasteiger partial charge in [-0.1, -0.05) is 42.5 Å². The Morgan fingerprint density at radius 1 is 1.14 bits per heavy atom. The van der Waals surface area contributed by atoms with Gasteiger partial charge in [0.15, 0.2) is 11.5 Å². The Bertz CT molecular complexity index is 738. The largest absolute Gasteiger partial charge is 0.493 e. The Labute approximate surface area is 166 Å². The molecule has 1 aliphatic heterocycles. The fourth-order valence-corrected chi connectivity index (χ4v) is 3.20. The maximum absolute atomic E-state index is 12.1. The van der Waals surface area contributed by atoms with Crippen molar-refractivity contribution in [3.63, 3.8) is 0 Å². The third-order valence-corrected chi connectivity index (χ3v) is 4.65. The van der Waals surface area contributed by atoms with Crippen LogP contribution < -0.4 is 14.8 Å². The molecule has 1 N–H and O–H groups in total. The van der Waals surface area contributed by atoms with Crippen molar-refractivity contribution in [1.82, 2.24) is 10.2 Å². The molecule has 1 saturated heterocycles. The summed E-state index contributed by atoms with van der Waals surface area (Å²) in [6, 6.07) is 17.8. The van der Waals surface area contributed by atoms with Crippen molar-refractivity contribution < 1.29 is 19.0 Å². The number of nitrogens with one attached hydrogen (secondary N) is 1. The summed E-state index contributed by atoms with van der Waals surface area (Å²) in [5.74, 6) is 1.26. The number of methoxy groups -OCH3 is 1. The first-order valence-corrected chi connectivity index (χ1v) is 9.65. The number of morpholine rings is 1. The average Bonchev–Trinajstić information content (AvgIpc) is 2.74. The third kappa shape index (κ3) is 6.25. The highest BCUT2D eigenvalue weighted by atomic mass is 16.5. The molecular weight excluding hydrogens is 356 g/mol. The lowest BCUT2D eigenvalue weighted by atomic mass is 10.2. The predicted molar refractivity (Wildman–Crippen MR) is 108 cm³/mol. The van der Waals surface area contributed by atoms with E-state index in [-0.39, 0.29) is 12.0 Å². The van der Waals surface area contributed by atoms with Gasteiger partial charge in [0, 0.05) is 26.2 Å². The van der Waals surface area contributed by atoms with E-state index >= 15 is 0 Å². The van der Waals surface area contributed by atoms with Crippen LogP contribution in [-0.2, 0) is 16.1 Å². The molecule has 0 radical (unpaired) electrons.